The lowest BCUT2D eigenvalue weighted by Crippen LogP contribution is -1.99. The first-order valence-corrected chi connectivity index (χ1v) is 5.30. The number of nitrogens with two attached hydrogens (primary N) is 1. The van der Waals surface area contributed by atoms with Gasteiger partial charge in [0.2, 0.25) is 0 Å². The second-order valence-electron chi connectivity index (χ2n) is 3.41. The maximum Gasteiger partial charge on any atom is 0.111 e. The summed E-state index contributed by atoms with van der Waals surface area (Å²) in [5.41, 5.74) is 8.18. The lowest BCUT2D eigenvalue weighted by Gasteiger charge is -2.04. The van der Waals surface area contributed by atoms with E-state index in [9.17, 15) is 0 Å². The monoisotopic (exact) mass is 220 g/mol. The zero-order valence-electron chi connectivity index (χ0n) is 8.57. The van der Waals surface area contributed by atoms with Crippen LogP contribution in [-0.2, 0) is 6.54 Å². The van der Waals surface area contributed by atoms with Gasteiger partial charge in [0.15, 0.2) is 0 Å². The van der Waals surface area contributed by atoms with Crippen molar-refractivity contribution in [2.75, 3.05) is 5.73 Å². The molecule has 0 saturated heterocycles. The van der Waals surface area contributed by atoms with E-state index in [1.807, 2.05) is 41.1 Å². The van der Waals surface area contributed by atoms with Crippen molar-refractivity contribution in [2.45, 2.75) is 13.5 Å². The highest BCUT2D eigenvalue weighted by Gasteiger charge is 2.06. The van der Waals surface area contributed by atoms with Gasteiger partial charge >= 0.3 is 0 Å². The van der Waals surface area contributed by atoms with Crippen molar-refractivity contribution in [1.29, 1.82) is 0 Å². The van der Waals surface area contributed by atoms with Crippen LogP contribution in [0.25, 0.3) is 11.1 Å². The third kappa shape index (κ3) is 1.85. The highest BCUT2D eigenvalue weighted by molar-refractivity contribution is 6.30. The largest absolute Gasteiger partial charge is 0.385 e. The molecule has 0 fully saturated rings. The maximum atomic E-state index is 6.01. The Labute approximate surface area is 94.3 Å². The Balaban J connectivity index is 2.45. The number of nitrogen functional groups attached to an aromatic ring is 1. The van der Waals surface area contributed by atoms with Crippen molar-refractivity contribution < 1.29 is 0 Å². The number of aromatic nitrogens is 1. The van der Waals surface area contributed by atoms with Gasteiger partial charge in [-0.1, -0.05) is 23.7 Å². The van der Waals surface area contributed by atoms with Crippen LogP contribution >= 0.6 is 11.6 Å². The summed E-state index contributed by atoms with van der Waals surface area (Å²) in [6.45, 7) is 2.96. The molecule has 0 saturated carbocycles. The van der Waals surface area contributed by atoms with E-state index in [0.29, 0.717) is 0 Å². The molecule has 0 bridgehead atoms. The van der Waals surface area contributed by atoms with E-state index in [2.05, 4.69) is 6.92 Å². The number of hydrogen-bond acceptors (Lipinski definition) is 1. The first-order chi connectivity index (χ1) is 7.22. The van der Waals surface area contributed by atoms with Gasteiger partial charge in [-0.05, 0) is 30.7 Å². The molecule has 0 unspecified atom stereocenters. The van der Waals surface area contributed by atoms with Crippen molar-refractivity contribution in [1.82, 2.24) is 4.57 Å². The fraction of sp³-hybridized carbons (Fsp3) is 0.167. The van der Waals surface area contributed by atoms with E-state index in [1.165, 1.54) is 0 Å². The number of halogens is 1. The number of anilines is 1. The molecule has 3 heteroatoms. The standard InChI is InChI=1S/C12H13ClN2/c1-2-15-8-7-11(12(15)14)9-3-5-10(13)6-4-9/h3-8H,2,14H2,1H3. The van der Waals surface area contributed by atoms with Gasteiger partial charge in [-0.25, -0.2) is 0 Å². The topological polar surface area (TPSA) is 30.9 Å². The molecule has 2 aromatic rings. The molecule has 0 aliphatic heterocycles. The van der Waals surface area contributed by atoms with Gasteiger partial charge in [-0.2, -0.15) is 0 Å². The second-order valence-corrected chi connectivity index (χ2v) is 3.84. The summed E-state index contributed by atoms with van der Waals surface area (Å²) in [4.78, 5) is 0. The average Bonchev–Trinajstić information content (AvgIpc) is 2.61. The smallest absolute Gasteiger partial charge is 0.111 e. The van der Waals surface area contributed by atoms with Gasteiger partial charge in [0.25, 0.3) is 0 Å². The third-order valence-corrected chi connectivity index (χ3v) is 2.75. The normalized spacial score (nSPS) is 10.5. The van der Waals surface area contributed by atoms with E-state index in [4.69, 9.17) is 17.3 Å². The molecule has 1 heterocycles. The van der Waals surface area contributed by atoms with Crippen LogP contribution in [0.4, 0.5) is 5.82 Å². The first kappa shape index (κ1) is 10.1. The van der Waals surface area contributed by atoms with Crippen molar-refractivity contribution in [3.8, 4) is 11.1 Å². The van der Waals surface area contributed by atoms with E-state index in [0.717, 1.165) is 28.5 Å². The molecule has 0 radical (unpaired) electrons. The molecule has 0 spiro atoms. The van der Waals surface area contributed by atoms with Gasteiger partial charge in [0.1, 0.15) is 5.82 Å². The van der Waals surface area contributed by atoms with E-state index in [-0.39, 0.29) is 0 Å². The Hall–Kier alpha value is -1.41. The van der Waals surface area contributed by atoms with Crippen LogP contribution in [0.15, 0.2) is 36.5 Å². The Morgan fingerprint density at radius 1 is 1.20 bits per heavy atom. The van der Waals surface area contributed by atoms with Gasteiger partial charge in [-0.15, -0.1) is 0 Å². The van der Waals surface area contributed by atoms with Crippen LogP contribution < -0.4 is 5.73 Å². The molecule has 0 aliphatic carbocycles. The van der Waals surface area contributed by atoms with E-state index < -0.39 is 0 Å². The number of benzene rings is 1. The second kappa shape index (κ2) is 3.99. The van der Waals surface area contributed by atoms with Crippen molar-refractivity contribution in [2.24, 2.45) is 0 Å². The lowest BCUT2D eigenvalue weighted by molar-refractivity contribution is 0.780. The van der Waals surface area contributed by atoms with Crippen LogP contribution in [0.2, 0.25) is 5.02 Å². The molecule has 1 aromatic carbocycles. The minimum atomic E-state index is 0.743. The summed E-state index contributed by atoms with van der Waals surface area (Å²) in [7, 11) is 0. The van der Waals surface area contributed by atoms with Crippen LogP contribution in [0.5, 0.6) is 0 Å². The molecule has 2 rings (SSSR count). The summed E-state index contributed by atoms with van der Waals surface area (Å²) in [5, 5.41) is 0.743. The van der Waals surface area contributed by atoms with Gasteiger partial charge < -0.3 is 10.3 Å². The molecule has 0 atom stereocenters. The molecule has 0 amide bonds. The fourth-order valence-corrected chi connectivity index (χ4v) is 1.76. The highest BCUT2D eigenvalue weighted by atomic mass is 35.5. The summed E-state index contributed by atoms with van der Waals surface area (Å²) < 4.78 is 2.02. The fourth-order valence-electron chi connectivity index (χ4n) is 1.63. The number of hydrogen-bond donors (Lipinski definition) is 1. The van der Waals surface area contributed by atoms with Crippen LogP contribution in [0.1, 0.15) is 6.92 Å². The maximum absolute atomic E-state index is 6.01. The van der Waals surface area contributed by atoms with Gasteiger partial charge in [0.05, 0.1) is 0 Å². The molecular weight excluding hydrogens is 208 g/mol. The molecular formula is C12H13ClN2. The summed E-state index contributed by atoms with van der Waals surface area (Å²) in [5.74, 6) is 0.805. The molecule has 15 heavy (non-hydrogen) atoms. The Morgan fingerprint density at radius 2 is 1.87 bits per heavy atom. The predicted molar refractivity (Wildman–Crippen MR) is 65.0 cm³/mol. The first-order valence-electron chi connectivity index (χ1n) is 4.93. The SMILES string of the molecule is CCn1ccc(-c2ccc(Cl)cc2)c1N. The van der Waals surface area contributed by atoms with Gasteiger partial charge in [0, 0.05) is 23.3 Å². The number of aryl methyl sites for hydroxylation is 1. The number of rotatable bonds is 2. The van der Waals surface area contributed by atoms with Crippen molar-refractivity contribution in [3.63, 3.8) is 0 Å². The zero-order valence-corrected chi connectivity index (χ0v) is 9.33. The Kier molecular flexibility index (Phi) is 2.69. The predicted octanol–water partition coefficient (Wildman–Crippen LogP) is 3.41. The lowest BCUT2D eigenvalue weighted by atomic mass is 10.1. The third-order valence-electron chi connectivity index (χ3n) is 2.50. The molecule has 1 aromatic heterocycles. The quantitative estimate of drug-likeness (QED) is 0.826. The van der Waals surface area contributed by atoms with Crippen LogP contribution in [-0.4, -0.2) is 4.57 Å². The van der Waals surface area contributed by atoms with Crippen LogP contribution in [0.3, 0.4) is 0 Å². The summed E-state index contributed by atoms with van der Waals surface area (Å²) in [6.07, 6.45) is 2.00. The van der Waals surface area contributed by atoms with Crippen LogP contribution in [0, 0.1) is 0 Å². The molecule has 78 valence electrons. The van der Waals surface area contributed by atoms with Crippen molar-refractivity contribution in [3.05, 3.63) is 41.6 Å². The average molecular weight is 221 g/mol. The Bertz CT molecular complexity index is 457. The molecule has 0 aliphatic rings. The molecule has 2 nitrogen and oxygen atoms in total. The minimum absolute atomic E-state index is 0.743. The molecule has 2 N–H and O–H groups in total. The minimum Gasteiger partial charge on any atom is -0.385 e. The van der Waals surface area contributed by atoms with E-state index >= 15 is 0 Å². The number of nitrogens with zero attached hydrogens (tertiary/aromatic N) is 1. The van der Waals surface area contributed by atoms with Gasteiger partial charge in [-0.3, -0.25) is 0 Å². The summed E-state index contributed by atoms with van der Waals surface area (Å²) >= 11 is 5.83. The highest BCUT2D eigenvalue weighted by Crippen LogP contribution is 2.27. The zero-order chi connectivity index (χ0) is 10.8. The van der Waals surface area contributed by atoms with E-state index in [1.54, 1.807) is 0 Å². The summed E-state index contributed by atoms with van der Waals surface area (Å²) in [6, 6.07) is 9.74. The Morgan fingerprint density at radius 3 is 2.40 bits per heavy atom. The van der Waals surface area contributed by atoms with Crippen molar-refractivity contribution >= 4 is 17.4 Å².